The Morgan fingerprint density at radius 2 is 1.26 bits per heavy atom. The van der Waals surface area contributed by atoms with Crippen LogP contribution in [0.4, 0.5) is 0 Å². The van der Waals surface area contributed by atoms with E-state index in [1.54, 1.807) is 0 Å². The highest BCUT2D eigenvalue weighted by atomic mass is 16.5. The molecule has 0 saturated carbocycles. The van der Waals surface area contributed by atoms with Crippen LogP contribution in [0.3, 0.4) is 0 Å². The molecule has 3 unspecified atom stereocenters. The molecule has 0 bridgehead atoms. The van der Waals surface area contributed by atoms with Gasteiger partial charge in [-0.15, -0.1) is 0 Å². The van der Waals surface area contributed by atoms with Gasteiger partial charge in [0.15, 0.2) is 0 Å². The molecule has 0 aliphatic heterocycles. The quantitative estimate of drug-likeness (QED) is 0.880. The van der Waals surface area contributed by atoms with Crippen molar-refractivity contribution < 1.29 is 4.74 Å². The zero-order chi connectivity index (χ0) is 13.7. The third-order valence-electron chi connectivity index (χ3n) is 3.23. The highest BCUT2D eigenvalue weighted by molar-refractivity contribution is 5.20. The van der Waals surface area contributed by atoms with Gasteiger partial charge in [-0.2, -0.15) is 0 Å². The first-order chi connectivity index (χ1) is 9.18. The van der Waals surface area contributed by atoms with Gasteiger partial charge in [-0.25, -0.2) is 0 Å². The third-order valence-corrected chi connectivity index (χ3v) is 3.23. The topological polar surface area (TPSA) is 35.2 Å². The largest absolute Gasteiger partial charge is 0.364 e. The fourth-order valence-electron chi connectivity index (χ4n) is 2.17. The molecule has 0 aliphatic carbocycles. The van der Waals surface area contributed by atoms with Crippen molar-refractivity contribution in [2.24, 2.45) is 5.73 Å². The Morgan fingerprint density at radius 3 is 1.74 bits per heavy atom. The van der Waals surface area contributed by atoms with Crippen molar-refractivity contribution >= 4 is 0 Å². The maximum Gasteiger partial charge on any atom is 0.0981 e. The summed E-state index contributed by atoms with van der Waals surface area (Å²) in [6.45, 7) is 4.04. The summed E-state index contributed by atoms with van der Waals surface area (Å²) in [7, 11) is 0. The van der Waals surface area contributed by atoms with Gasteiger partial charge in [-0.05, 0) is 25.0 Å². The zero-order valence-electron chi connectivity index (χ0n) is 11.5. The molecule has 2 aromatic rings. The Bertz CT molecular complexity index is 481. The van der Waals surface area contributed by atoms with Crippen LogP contribution in [0.5, 0.6) is 0 Å². The number of ether oxygens (including phenoxy) is 1. The molecule has 100 valence electrons. The molecule has 2 rings (SSSR count). The molecule has 0 spiro atoms. The highest BCUT2D eigenvalue weighted by Gasteiger charge is 2.20. The van der Waals surface area contributed by atoms with E-state index in [2.05, 4.69) is 31.2 Å². The van der Waals surface area contributed by atoms with Crippen LogP contribution in [-0.4, -0.2) is 6.04 Å². The van der Waals surface area contributed by atoms with E-state index in [4.69, 9.17) is 10.5 Å². The Balaban J connectivity index is 2.14. The molecular formula is C17H21NO. The lowest BCUT2D eigenvalue weighted by Crippen LogP contribution is -2.27. The van der Waals surface area contributed by atoms with E-state index in [0.29, 0.717) is 0 Å². The minimum atomic E-state index is -0.0867. The molecule has 0 aliphatic rings. The first-order valence-corrected chi connectivity index (χ1v) is 6.69. The van der Waals surface area contributed by atoms with Crippen molar-refractivity contribution in [1.29, 1.82) is 0 Å². The first kappa shape index (κ1) is 13.8. The smallest absolute Gasteiger partial charge is 0.0981 e. The van der Waals surface area contributed by atoms with Crippen LogP contribution in [0.2, 0.25) is 0 Å². The Morgan fingerprint density at radius 1 is 0.789 bits per heavy atom. The van der Waals surface area contributed by atoms with Crippen molar-refractivity contribution in [2.75, 3.05) is 0 Å². The number of benzene rings is 2. The summed E-state index contributed by atoms with van der Waals surface area (Å²) >= 11 is 0. The van der Waals surface area contributed by atoms with E-state index >= 15 is 0 Å². The van der Waals surface area contributed by atoms with Crippen molar-refractivity contribution in [2.45, 2.75) is 32.1 Å². The summed E-state index contributed by atoms with van der Waals surface area (Å²) in [5, 5.41) is 0. The second-order valence-corrected chi connectivity index (χ2v) is 4.88. The van der Waals surface area contributed by atoms with Crippen molar-refractivity contribution in [3.05, 3.63) is 71.8 Å². The molecule has 0 amide bonds. The standard InChI is InChI=1S/C17H21NO/c1-13(18)17(16-11-7-4-8-12-16)19-14(2)15-9-5-3-6-10-15/h3-14,17H,18H2,1-2H3. The second-order valence-electron chi connectivity index (χ2n) is 4.88. The Labute approximate surface area is 115 Å². The molecule has 0 saturated heterocycles. The van der Waals surface area contributed by atoms with E-state index < -0.39 is 0 Å². The molecule has 0 fully saturated rings. The lowest BCUT2D eigenvalue weighted by Gasteiger charge is -2.26. The van der Waals surface area contributed by atoms with Crippen LogP contribution >= 0.6 is 0 Å². The second kappa shape index (κ2) is 6.50. The minimum Gasteiger partial charge on any atom is -0.364 e. The first-order valence-electron chi connectivity index (χ1n) is 6.69. The maximum atomic E-state index is 6.16. The van der Waals surface area contributed by atoms with Crippen molar-refractivity contribution in [1.82, 2.24) is 0 Å². The predicted molar refractivity (Wildman–Crippen MR) is 78.8 cm³/mol. The van der Waals surface area contributed by atoms with Gasteiger partial charge in [0.05, 0.1) is 12.2 Å². The average molecular weight is 255 g/mol. The molecular weight excluding hydrogens is 234 g/mol. The molecule has 3 atom stereocenters. The Kier molecular flexibility index (Phi) is 4.72. The Hall–Kier alpha value is -1.64. The van der Waals surface area contributed by atoms with E-state index in [1.165, 1.54) is 5.56 Å². The molecule has 19 heavy (non-hydrogen) atoms. The monoisotopic (exact) mass is 255 g/mol. The van der Waals surface area contributed by atoms with Gasteiger partial charge in [0, 0.05) is 6.04 Å². The average Bonchev–Trinajstić information content (AvgIpc) is 2.46. The molecule has 0 radical (unpaired) electrons. The van der Waals surface area contributed by atoms with Crippen LogP contribution in [0.25, 0.3) is 0 Å². The maximum absolute atomic E-state index is 6.16. The molecule has 0 heterocycles. The summed E-state index contributed by atoms with van der Waals surface area (Å²) < 4.78 is 6.16. The highest BCUT2D eigenvalue weighted by Crippen LogP contribution is 2.28. The summed E-state index contributed by atoms with van der Waals surface area (Å²) in [5.74, 6) is 0. The van der Waals surface area contributed by atoms with Gasteiger partial charge in [0.1, 0.15) is 0 Å². The summed E-state index contributed by atoms with van der Waals surface area (Å²) in [4.78, 5) is 0. The number of nitrogens with two attached hydrogens (primary N) is 1. The van der Waals surface area contributed by atoms with Crippen molar-refractivity contribution in [3.8, 4) is 0 Å². The molecule has 2 aromatic carbocycles. The van der Waals surface area contributed by atoms with Gasteiger partial charge in [0.2, 0.25) is 0 Å². The normalized spacial score (nSPS) is 15.7. The van der Waals surface area contributed by atoms with Crippen LogP contribution in [0.1, 0.15) is 37.2 Å². The third kappa shape index (κ3) is 3.66. The fraction of sp³-hybridized carbons (Fsp3) is 0.294. The van der Waals surface area contributed by atoms with Crippen LogP contribution in [-0.2, 0) is 4.74 Å². The molecule has 2 nitrogen and oxygen atoms in total. The molecule has 2 N–H and O–H groups in total. The fourth-order valence-corrected chi connectivity index (χ4v) is 2.17. The number of rotatable bonds is 5. The predicted octanol–water partition coefficient (Wildman–Crippen LogP) is 3.85. The molecule has 0 aromatic heterocycles. The zero-order valence-corrected chi connectivity index (χ0v) is 11.5. The minimum absolute atomic E-state index is 0.0254. The van der Waals surface area contributed by atoms with Crippen LogP contribution in [0.15, 0.2) is 60.7 Å². The number of hydrogen-bond donors (Lipinski definition) is 1. The molecule has 2 heteroatoms. The lowest BCUT2D eigenvalue weighted by molar-refractivity contribution is -0.0162. The van der Waals surface area contributed by atoms with Gasteiger partial charge in [-0.1, -0.05) is 60.7 Å². The summed E-state index contributed by atoms with van der Waals surface area (Å²) in [5.41, 5.74) is 8.37. The van der Waals surface area contributed by atoms with Gasteiger partial charge in [0.25, 0.3) is 0 Å². The van der Waals surface area contributed by atoms with E-state index in [1.807, 2.05) is 43.3 Å². The van der Waals surface area contributed by atoms with Gasteiger partial charge < -0.3 is 10.5 Å². The van der Waals surface area contributed by atoms with E-state index in [9.17, 15) is 0 Å². The SMILES string of the molecule is CC(OC(c1ccccc1)C(C)N)c1ccccc1. The van der Waals surface area contributed by atoms with Crippen LogP contribution < -0.4 is 5.73 Å². The number of hydrogen-bond acceptors (Lipinski definition) is 2. The summed E-state index contributed by atoms with van der Waals surface area (Å²) in [6.07, 6.45) is -0.0613. The van der Waals surface area contributed by atoms with E-state index in [-0.39, 0.29) is 18.2 Å². The van der Waals surface area contributed by atoms with Crippen molar-refractivity contribution in [3.63, 3.8) is 0 Å². The van der Waals surface area contributed by atoms with Gasteiger partial charge >= 0.3 is 0 Å². The summed E-state index contributed by atoms with van der Waals surface area (Å²) in [6, 6.07) is 20.3. The van der Waals surface area contributed by atoms with E-state index in [0.717, 1.165) is 5.56 Å². The lowest BCUT2D eigenvalue weighted by atomic mass is 10.0. The van der Waals surface area contributed by atoms with Gasteiger partial charge in [-0.3, -0.25) is 0 Å². The van der Waals surface area contributed by atoms with Crippen LogP contribution in [0, 0.1) is 0 Å².